The van der Waals surface area contributed by atoms with E-state index in [1.807, 2.05) is 25.2 Å². The average Bonchev–Trinajstić information content (AvgIpc) is 2.98. The molecule has 0 aromatic carbocycles. The molecule has 1 atom stereocenters. The van der Waals surface area contributed by atoms with Crippen molar-refractivity contribution in [2.75, 3.05) is 13.6 Å². The van der Waals surface area contributed by atoms with Gasteiger partial charge in [-0.2, -0.15) is 0 Å². The van der Waals surface area contributed by atoms with Gasteiger partial charge in [-0.1, -0.05) is 6.07 Å². The van der Waals surface area contributed by atoms with Gasteiger partial charge in [-0.3, -0.25) is 9.69 Å². The smallest absolute Gasteiger partial charge is 0.186 e. The molecular formula is C13H14BrNOS2. The predicted molar refractivity (Wildman–Crippen MR) is 81.7 cm³/mol. The van der Waals surface area contributed by atoms with Gasteiger partial charge in [0.2, 0.25) is 0 Å². The number of likely N-dealkylation sites (N-methyl/N-ethyl adjacent to an activating group) is 1. The molecule has 0 spiro atoms. The lowest BCUT2D eigenvalue weighted by Crippen LogP contribution is -2.28. The first kappa shape index (κ1) is 13.9. The van der Waals surface area contributed by atoms with Gasteiger partial charge < -0.3 is 0 Å². The largest absolute Gasteiger partial charge is 0.292 e. The van der Waals surface area contributed by atoms with Gasteiger partial charge in [0.15, 0.2) is 5.78 Å². The second kappa shape index (κ2) is 6.10. The van der Waals surface area contributed by atoms with Crippen molar-refractivity contribution >= 4 is 44.4 Å². The third-order valence-corrected chi connectivity index (χ3v) is 5.56. The van der Waals surface area contributed by atoms with Crippen LogP contribution in [0.4, 0.5) is 0 Å². The third-order valence-electron chi connectivity index (χ3n) is 2.86. The lowest BCUT2D eigenvalue weighted by molar-refractivity contribution is 0.0930. The molecule has 0 radical (unpaired) electrons. The van der Waals surface area contributed by atoms with Crippen LogP contribution in [0.15, 0.2) is 33.4 Å². The van der Waals surface area contributed by atoms with Crippen molar-refractivity contribution in [2.24, 2.45) is 0 Å². The summed E-state index contributed by atoms with van der Waals surface area (Å²) in [5.74, 6) is 0.177. The van der Waals surface area contributed by atoms with Crippen LogP contribution < -0.4 is 0 Å². The Morgan fingerprint density at radius 2 is 2.22 bits per heavy atom. The minimum absolute atomic E-state index is 0.177. The zero-order valence-corrected chi connectivity index (χ0v) is 13.4. The summed E-state index contributed by atoms with van der Waals surface area (Å²) in [5, 5.41) is 2.07. The summed E-state index contributed by atoms with van der Waals surface area (Å²) in [6, 6.07) is 8.22. The van der Waals surface area contributed by atoms with Gasteiger partial charge in [0.1, 0.15) is 0 Å². The monoisotopic (exact) mass is 343 g/mol. The number of halogens is 1. The highest BCUT2D eigenvalue weighted by molar-refractivity contribution is 9.11. The van der Waals surface area contributed by atoms with Gasteiger partial charge in [0.05, 0.1) is 15.2 Å². The minimum atomic E-state index is 0.177. The standard InChI is InChI=1S/C13H14BrNOS2/c1-9(11-4-3-7-17-11)15(2)8-10(16)12-5-6-13(14)18-12/h3-7,9H,8H2,1-2H3. The third kappa shape index (κ3) is 3.29. The summed E-state index contributed by atoms with van der Waals surface area (Å²) >= 11 is 6.60. The van der Waals surface area contributed by atoms with E-state index in [0.717, 1.165) is 8.66 Å². The Morgan fingerprint density at radius 3 is 2.78 bits per heavy atom. The fourth-order valence-corrected chi connectivity index (χ4v) is 3.82. The van der Waals surface area contributed by atoms with E-state index >= 15 is 0 Å². The molecule has 2 heterocycles. The summed E-state index contributed by atoms with van der Waals surface area (Å²) < 4.78 is 1.000. The Kier molecular flexibility index (Phi) is 4.72. The van der Waals surface area contributed by atoms with Crippen molar-refractivity contribution in [3.63, 3.8) is 0 Å². The molecule has 2 aromatic heterocycles. The van der Waals surface area contributed by atoms with Crippen LogP contribution in [0, 0.1) is 0 Å². The fraction of sp³-hybridized carbons (Fsp3) is 0.308. The van der Waals surface area contributed by atoms with Crippen LogP contribution in [0.1, 0.15) is 27.5 Å². The van der Waals surface area contributed by atoms with Gasteiger partial charge in [0, 0.05) is 10.9 Å². The topological polar surface area (TPSA) is 20.3 Å². The molecule has 1 unspecified atom stereocenters. The van der Waals surface area contributed by atoms with Crippen molar-refractivity contribution in [3.05, 3.63) is 43.2 Å². The number of carbonyl (C=O) groups is 1. The average molecular weight is 344 g/mol. The van der Waals surface area contributed by atoms with Gasteiger partial charge in [-0.05, 0) is 53.5 Å². The Balaban J connectivity index is 1.99. The molecule has 2 aromatic rings. The molecule has 0 fully saturated rings. The van der Waals surface area contributed by atoms with Crippen LogP contribution in [0.3, 0.4) is 0 Å². The first-order valence-corrected chi connectivity index (χ1v) is 8.09. The number of carbonyl (C=O) groups excluding carboxylic acids is 1. The normalized spacial score (nSPS) is 12.9. The maximum absolute atomic E-state index is 12.1. The van der Waals surface area contributed by atoms with Crippen LogP contribution in [-0.2, 0) is 0 Å². The van der Waals surface area contributed by atoms with E-state index in [1.54, 1.807) is 11.3 Å². The minimum Gasteiger partial charge on any atom is -0.292 e. The molecule has 2 rings (SSSR count). The SMILES string of the molecule is CC(c1cccs1)N(C)CC(=O)c1ccc(Br)s1. The second-order valence-electron chi connectivity index (χ2n) is 4.13. The number of thiophene rings is 2. The number of nitrogens with zero attached hydrogens (tertiary/aromatic N) is 1. The second-order valence-corrected chi connectivity index (χ2v) is 7.58. The summed E-state index contributed by atoms with van der Waals surface area (Å²) in [7, 11) is 1.99. The molecule has 0 bridgehead atoms. The van der Waals surface area contributed by atoms with Crippen LogP contribution in [-0.4, -0.2) is 24.3 Å². The molecule has 0 saturated carbocycles. The molecule has 18 heavy (non-hydrogen) atoms. The highest BCUT2D eigenvalue weighted by atomic mass is 79.9. The van der Waals surface area contributed by atoms with E-state index in [4.69, 9.17) is 0 Å². The van der Waals surface area contributed by atoms with E-state index in [2.05, 4.69) is 39.2 Å². The van der Waals surface area contributed by atoms with Crippen LogP contribution >= 0.6 is 38.6 Å². The zero-order valence-electron chi connectivity index (χ0n) is 10.2. The number of ketones is 1. The Bertz CT molecular complexity index is 521. The fourth-order valence-electron chi connectivity index (χ4n) is 1.65. The number of hydrogen-bond donors (Lipinski definition) is 0. The number of hydrogen-bond acceptors (Lipinski definition) is 4. The molecular weight excluding hydrogens is 330 g/mol. The molecule has 0 aliphatic carbocycles. The van der Waals surface area contributed by atoms with Crippen LogP contribution in [0.2, 0.25) is 0 Å². The summed E-state index contributed by atoms with van der Waals surface area (Å²) in [5.41, 5.74) is 0. The molecule has 5 heteroatoms. The van der Waals surface area contributed by atoms with Gasteiger partial charge in [-0.15, -0.1) is 22.7 Å². The van der Waals surface area contributed by atoms with Crippen molar-refractivity contribution in [1.29, 1.82) is 0 Å². The lowest BCUT2D eigenvalue weighted by atomic mass is 10.2. The Hall–Kier alpha value is -0.490. The molecule has 0 aliphatic rings. The van der Waals surface area contributed by atoms with Gasteiger partial charge in [-0.25, -0.2) is 0 Å². The first-order valence-electron chi connectivity index (χ1n) is 5.60. The van der Waals surface area contributed by atoms with Crippen LogP contribution in [0.5, 0.6) is 0 Å². The summed E-state index contributed by atoms with van der Waals surface area (Å²) in [6.07, 6.45) is 0. The number of Topliss-reactive ketones (excluding diaryl/α,β-unsaturated/α-hetero) is 1. The highest BCUT2D eigenvalue weighted by Crippen LogP contribution is 2.25. The molecule has 0 saturated heterocycles. The van der Waals surface area contributed by atoms with Crippen molar-refractivity contribution in [1.82, 2.24) is 4.90 Å². The maximum atomic E-state index is 12.1. The van der Waals surface area contributed by atoms with E-state index in [-0.39, 0.29) is 11.8 Å². The molecule has 2 nitrogen and oxygen atoms in total. The zero-order chi connectivity index (χ0) is 13.1. The predicted octanol–water partition coefficient (Wildman–Crippen LogP) is 4.45. The van der Waals surface area contributed by atoms with E-state index < -0.39 is 0 Å². The van der Waals surface area contributed by atoms with Crippen molar-refractivity contribution < 1.29 is 4.79 Å². The molecule has 0 aliphatic heterocycles. The Morgan fingerprint density at radius 1 is 1.44 bits per heavy atom. The van der Waals surface area contributed by atoms with Gasteiger partial charge >= 0.3 is 0 Å². The van der Waals surface area contributed by atoms with E-state index in [0.29, 0.717) is 6.54 Å². The number of rotatable bonds is 5. The lowest BCUT2D eigenvalue weighted by Gasteiger charge is -2.22. The van der Waals surface area contributed by atoms with Crippen molar-refractivity contribution in [3.8, 4) is 0 Å². The van der Waals surface area contributed by atoms with E-state index in [1.165, 1.54) is 16.2 Å². The summed E-state index contributed by atoms with van der Waals surface area (Å²) in [4.78, 5) is 16.3. The summed E-state index contributed by atoms with van der Waals surface area (Å²) in [6.45, 7) is 2.58. The molecule has 96 valence electrons. The maximum Gasteiger partial charge on any atom is 0.186 e. The van der Waals surface area contributed by atoms with Gasteiger partial charge in [0.25, 0.3) is 0 Å². The first-order chi connectivity index (χ1) is 8.58. The van der Waals surface area contributed by atoms with Crippen molar-refractivity contribution in [2.45, 2.75) is 13.0 Å². The quantitative estimate of drug-likeness (QED) is 0.747. The van der Waals surface area contributed by atoms with E-state index in [9.17, 15) is 4.79 Å². The Labute approximate surface area is 123 Å². The highest BCUT2D eigenvalue weighted by Gasteiger charge is 2.17. The molecule has 0 amide bonds. The van der Waals surface area contributed by atoms with Crippen LogP contribution in [0.25, 0.3) is 0 Å². The molecule has 0 N–H and O–H groups in total.